The van der Waals surface area contributed by atoms with Crippen molar-refractivity contribution < 1.29 is 14.3 Å². The summed E-state index contributed by atoms with van der Waals surface area (Å²) >= 11 is 6.13. The highest BCUT2D eigenvalue weighted by Crippen LogP contribution is 2.39. The Morgan fingerprint density at radius 3 is 2.96 bits per heavy atom. The van der Waals surface area contributed by atoms with Gasteiger partial charge in [-0.3, -0.25) is 4.79 Å². The summed E-state index contributed by atoms with van der Waals surface area (Å²) in [6.07, 6.45) is 3.17. The summed E-state index contributed by atoms with van der Waals surface area (Å²) in [6, 6.07) is 11.1. The minimum Gasteiger partial charge on any atom is -0.454 e. The van der Waals surface area contributed by atoms with Crippen molar-refractivity contribution in [2.24, 2.45) is 0 Å². The van der Waals surface area contributed by atoms with Gasteiger partial charge < -0.3 is 14.8 Å². The average Bonchev–Trinajstić information content (AvgIpc) is 3.31. The number of nitrogens with zero attached hydrogens (tertiary/aromatic N) is 3. The second kappa shape index (κ2) is 7.05. The lowest BCUT2D eigenvalue weighted by Crippen LogP contribution is -2.22. The van der Waals surface area contributed by atoms with Crippen molar-refractivity contribution in [2.75, 3.05) is 6.79 Å². The molecule has 0 bridgehead atoms. The standard InChI is InChI=1S/C18H15ClN4O3/c19-15-5-14(6-16-17(15)26-11-25-16)18(24)21-7-12-2-1-3-13(4-12)8-23-10-20-9-22-23/h1-6,9-10H,7-8,11H2,(H,21,24). The van der Waals surface area contributed by atoms with E-state index >= 15 is 0 Å². The highest BCUT2D eigenvalue weighted by molar-refractivity contribution is 6.32. The minimum absolute atomic E-state index is 0.110. The number of carbonyl (C=O) groups excluding carboxylic acids is 1. The Labute approximate surface area is 154 Å². The van der Waals surface area contributed by atoms with Crippen molar-refractivity contribution in [1.82, 2.24) is 20.1 Å². The second-order valence-electron chi connectivity index (χ2n) is 5.79. The molecular weight excluding hydrogens is 356 g/mol. The number of aromatic nitrogens is 3. The van der Waals surface area contributed by atoms with E-state index in [1.807, 2.05) is 24.3 Å². The van der Waals surface area contributed by atoms with Gasteiger partial charge in [-0.1, -0.05) is 35.9 Å². The zero-order valence-electron chi connectivity index (χ0n) is 13.7. The van der Waals surface area contributed by atoms with Gasteiger partial charge in [0.2, 0.25) is 6.79 Å². The number of hydrogen-bond donors (Lipinski definition) is 1. The first-order valence-electron chi connectivity index (χ1n) is 7.96. The maximum Gasteiger partial charge on any atom is 0.251 e. The van der Waals surface area contributed by atoms with Gasteiger partial charge in [0.25, 0.3) is 5.91 Å². The van der Waals surface area contributed by atoms with Crippen molar-refractivity contribution in [1.29, 1.82) is 0 Å². The molecule has 1 aromatic heterocycles. The van der Waals surface area contributed by atoms with Gasteiger partial charge in [-0.25, -0.2) is 9.67 Å². The van der Waals surface area contributed by atoms with E-state index in [4.69, 9.17) is 21.1 Å². The molecule has 1 amide bonds. The molecule has 8 heteroatoms. The van der Waals surface area contributed by atoms with Crippen molar-refractivity contribution in [3.05, 3.63) is 70.8 Å². The van der Waals surface area contributed by atoms with Crippen LogP contribution in [0, 0.1) is 0 Å². The number of fused-ring (bicyclic) bond motifs is 1. The van der Waals surface area contributed by atoms with E-state index in [2.05, 4.69) is 15.4 Å². The summed E-state index contributed by atoms with van der Waals surface area (Å²) < 4.78 is 12.3. The quantitative estimate of drug-likeness (QED) is 0.747. The fourth-order valence-corrected chi connectivity index (χ4v) is 2.99. The molecule has 0 unspecified atom stereocenters. The first-order chi connectivity index (χ1) is 12.7. The maximum absolute atomic E-state index is 12.4. The SMILES string of the molecule is O=C(NCc1cccc(Cn2cncn2)c1)c1cc(Cl)c2c(c1)OCO2. The van der Waals surface area contributed by atoms with Crippen LogP contribution >= 0.6 is 11.6 Å². The number of hydrogen-bond acceptors (Lipinski definition) is 5. The van der Waals surface area contributed by atoms with Gasteiger partial charge in [0.1, 0.15) is 12.7 Å². The molecule has 0 aliphatic carbocycles. The molecule has 0 fully saturated rings. The first kappa shape index (κ1) is 16.4. The van der Waals surface area contributed by atoms with Crippen LogP contribution in [0.15, 0.2) is 49.1 Å². The Morgan fingerprint density at radius 1 is 1.23 bits per heavy atom. The fraction of sp³-hybridized carbons (Fsp3) is 0.167. The molecule has 0 atom stereocenters. The first-order valence-corrected chi connectivity index (χ1v) is 8.34. The van der Waals surface area contributed by atoms with E-state index in [1.54, 1.807) is 23.1 Å². The molecule has 0 saturated carbocycles. The topological polar surface area (TPSA) is 78.3 Å². The van der Waals surface area contributed by atoms with Crippen LogP contribution in [0.25, 0.3) is 0 Å². The molecule has 2 heterocycles. The number of rotatable bonds is 5. The van der Waals surface area contributed by atoms with E-state index < -0.39 is 0 Å². The van der Waals surface area contributed by atoms with Crippen molar-refractivity contribution in [3.8, 4) is 11.5 Å². The molecular formula is C18H15ClN4O3. The lowest BCUT2D eigenvalue weighted by atomic mass is 10.1. The fourth-order valence-electron chi connectivity index (χ4n) is 2.72. The lowest BCUT2D eigenvalue weighted by molar-refractivity contribution is 0.0950. The van der Waals surface area contributed by atoms with Crippen LogP contribution in [0.1, 0.15) is 21.5 Å². The van der Waals surface area contributed by atoms with Crippen LogP contribution in [0.2, 0.25) is 5.02 Å². The monoisotopic (exact) mass is 370 g/mol. The largest absolute Gasteiger partial charge is 0.454 e. The van der Waals surface area contributed by atoms with Crippen LogP contribution in [0.4, 0.5) is 0 Å². The highest BCUT2D eigenvalue weighted by Gasteiger charge is 2.20. The zero-order chi connectivity index (χ0) is 17.9. The molecule has 2 aromatic carbocycles. The second-order valence-corrected chi connectivity index (χ2v) is 6.19. The number of halogens is 1. The predicted octanol–water partition coefficient (Wildman–Crippen LogP) is 2.64. The molecule has 3 aromatic rings. The molecule has 4 rings (SSSR count). The van der Waals surface area contributed by atoms with Crippen LogP contribution in [-0.4, -0.2) is 27.5 Å². The van der Waals surface area contributed by atoms with Crippen molar-refractivity contribution >= 4 is 17.5 Å². The Hall–Kier alpha value is -3.06. The molecule has 7 nitrogen and oxygen atoms in total. The highest BCUT2D eigenvalue weighted by atomic mass is 35.5. The summed E-state index contributed by atoms with van der Waals surface area (Å²) in [5, 5.41) is 7.35. The van der Waals surface area contributed by atoms with Crippen LogP contribution in [-0.2, 0) is 13.1 Å². The minimum atomic E-state index is -0.230. The van der Waals surface area contributed by atoms with E-state index in [-0.39, 0.29) is 12.7 Å². The Balaban J connectivity index is 1.42. The summed E-state index contributed by atoms with van der Waals surface area (Å²) in [6.45, 7) is 1.13. The van der Waals surface area contributed by atoms with Crippen LogP contribution in [0.3, 0.4) is 0 Å². The number of nitrogens with one attached hydrogen (secondary N) is 1. The lowest BCUT2D eigenvalue weighted by Gasteiger charge is -2.09. The maximum atomic E-state index is 12.4. The van der Waals surface area contributed by atoms with Gasteiger partial charge in [0.05, 0.1) is 11.6 Å². The summed E-state index contributed by atoms with van der Waals surface area (Å²) in [4.78, 5) is 16.4. The van der Waals surface area contributed by atoms with E-state index in [1.165, 1.54) is 6.33 Å². The van der Waals surface area contributed by atoms with Gasteiger partial charge in [0.15, 0.2) is 11.5 Å². The average molecular weight is 371 g/mol. The molecule has 0 radical (unpaired) electrons. The predicted molar refractivity (Wildman–Crippen MR) is 94.3 cm³/mol. The molecule has 1 aliphatic heterocycles. The molecule has 1 N–H and O–H groups in total. The summed E-state index contributed by atoms with van der Waals surface area (Å²) in [5.74, 6) is 0.730. The van der Waals surface area contributed by atoms with Gasteiger partial charge in [-0.2, -0.15) is 5.10 Å². The Kier molecular flexibility index (Phi) is 4.45. The third-order valence-corrected chi connectivity index (χ3v) is 4.23. The zero-order valence-corrected chi connectivity index (χ0v) is 14.4. The number of ether oxygens (including phenoxy) is 2. The molecule has 0 spiro atoms. The van der Waals surface area contributed by atoms with E-state index in [0.29, 0.717) is 35.2 Å². The van der Waals surface area contributed by atoms with Crippen molar-refractivity contribution in [2.45, 2.75) is 13.1 Å². The van der Waals surface area contributed by atoms with E-state index in [0.717, 1.165) is 11.1 Å². The molecule has 1 aliphatic rings. The smallest absolute Gasteiger partial charge is 0.251 e. The van der Waals surface area contributed by atoms with E-state index in [9.17, 15) is 4.79 Å². The van der Waals surface area contributed by atoms with Crippen molar-refractivity contribution in [3.63, 3.8) is 0 Å². The normalized spacial score (nSPS) is 12.2. The molecule has 0 saturated heterocycles. The van der Waals surface area contributed by atoms with Gasteiger partial charge in [-0.05, 0) is 23.3 Å². The number of benzene rings is 2. The van der Waals surface area contributed by atoms with Gasteiger partial charge in [0, 0.05) is 12.1 Å². The number of amides is 1. The Bertz CT molecular complexity index is 944. The third-order valence-electron chi connectivity index (χ3n) is 3.95. The molecule has 26 heavy (non-hydrogen) atoms. The summed E-state index contributed by atoms with van der Waals surface area (Å²) in [5.41, 5.74) is 2.49. The Morgan fingerprint density at radius 2 is 2.12 bits per heavy atom. The van der Waals surface area contributed by atoms with Crippen LogP contribution < -0.4 is 14.8 Å². The van der Waals surface area contributed by atoms with Gasteiger partial charge >= 0.3 is 0 Å². The summed E-state index contributed by atoms with van der Waals surface area (Å²) in [7, 11) is 0. The van der Waals surface area contributed by atoms with Gasteiger partial charge in [-0.15, -0.1) is 0 Å². The third kappa shape index (κ3) is 3.48. The molecule has 132 valence electrons. The van der Waals surface area contributed by atoms with Crippen LogP contribution in [0.5, 0.6) is 11.5 Å². The number of carbonyl (C=O) groups is 1.